The molecule has 3 rings (SSSR count). The van der Waals surface area contributed by atoms with Crippen LogP contribution in [0, 0.1) is 0 Å². The minimum absolute atomic E-state index is 0.454. The minimum atomic E-state index is -0.724. The van der Waals surface area contributed by atoms with E-state index in [1.165, 1.54) is 24.1 Å². The number of rotatable bonds is 8. The SMILES string of the molecule is CCCCc1ccc(C[C@@H](C(=O)O)N2CCN(c3ccccc3)CC2)cc1. The molecular formula is C23H30N2O2. The largest absolute Gasteiger partial charge is 0.480 e. The number of unbranched alkanes of at least 4 members (excludes halogenated alkanes) is 1. The van der Waals surface area contributed by atoms with Crippen molar-refractivity contribution in [3.8, 4) is 0 Å². The Balaban J connectivity index is 1.59. The molecule has 0 amide bonds. The molecule has 27 heavy (non-hydrogen) atoms. The Morgan fingerprint density at radius 1 is 0.963 bits per heavy atom. The zero-order valence-electron chi connectivity index (χ0n) is 16.2. The van der Waals surface area contributed by atoms with Gasteiger partial charge in [-0.05, 0) is 42.5 Å². The highest BCUT2D eigenvalue weighted by molar-refractivity contribution is 5.74. The monoisotopic (exact) mass is 366 g/mol. The van der Waals surface area contributed by atoms with Gasteiger partial charge >= 0.3 is 5.97 Å². The van der Waals surface area contributed by atoms with Crippen LogP contribution in [0.3, 0.4) is 0 Å². The zero-order valence-corrected chi connectivity index (χ0v) is 16.2. The molecule has 0 aromatic heterocycles. The summed E-state index contributed by atoms with van der Waals surface area (Å²) >= 11 is 0. The quantitative estimate of drug-likeness (QED) is 0.771. The maximum Gasteiger partial charge on any atom is 0.321 e. The van der Waals surface area contributed by atoms with Crippen LogP contribution in [0.5, 0.6) is 0 Å². The lowest BCUT2D eigenvalue weighted by Gasteiger charge is -2.38. The second-order valence-electron chi connectivity index (χ2n) is 7.34. The molecule has 0 bridgehead atoms. The number of para-hydroxylation sites is 1. The van der Waals surface area contributed by atoms with Crippen LogP contribution in [0.4, 0.5) is 5.69 Å². The van der Waals surface area contributed by atoms with Crippen LogP contribution in [0.15, 0.2) is 54.6 Å². The standard InChI is InChI=1S/C23H30N2O2/c1-2-3-7-19-10-12-20(13-11-19)18-22(23(26)27)25-16-14-24(15-17-25)21-8-5-4-6-9-21/h4-6,8-13,22H,2-3,7,14-18H2,1H3,(H,26,27)/t22-/m0/s1. The van der Waals surface area contributed by atoms with Gasteiger partial charge in [-0.1, -0.05) is 55.8 Å². The van der Waals surface area contributed by atoms with Crippen molar-refractivity contribution in [3.63, 3.8) is 0 Å². The highest BCUT2D eigenvalue weighted by Gasteiger charge is 2.29. The van der Waals surface area contributed by atoms with E-state index in [4.69, 9.17) is 0 Å². The molecule has 1 saturated heterocycles. The number of anilines is 1. The van der Waals surface area contributed by atoms with Crippen molar-refractivity contribution in [3.05, 3.63) is 65.7 Å². The lowest BCUT2D eigenvalue weighted by molar-refractivity contribution is -0.143. The minimum Gasteiger partial charge on any atom is -0.480 e. The molecule has 4 nitrogen and oxygen atoms in total. The zero-order chi connectivity index (χ0) is 19.1. The van der Waals surface area contributed by atoms with E-state index in [-0.39, 0.29) is 0 Å². The van der Waals surface area contributed by atoms with Gasteiger partial charge in [0.1, 0.15) is 6.04 Å². The summed E-state index contributed by atoms with van der Waals surface area (Å²) < 4.78 is 0. The van der Waals surface area contributed by atoms with Gasteiger partial charge in [0.05, 0.1) is 0 Å². The van der Waals surface area contributed by atoms with Crippen molar-refractivity contribution >= 4 is 11.7 Å². The molecule has 0 saturated carbocycles. The smallest absolute Gasteiger partial charge is 0.321 e. The van der Waals surface area contributed by atoms with Crippen LogP contribution in [0.25, 0.3) is 0 Å². The average molecular weight is 367 g/mol. The fraction of sp³-hybridized carbons (Fsp3) is 0.435. The summed E-state index contributed by atoms with van der Waals surface area (Å²) in [5, 5.41) is 9.79. The number of aryl methyl sites for hydroxylation is 1. The fourth-order valence-corrected chi connectivity index (χ4v) is 3.75. The number of benzene rings is 2. The number of aliphatic carboxylic acids is 1. The molecule has 2 aromatic carbocycles. The summed E-state index contributed by atoms with van der Waals surface area (Å²) in [6, 6.07) is 18.4. The second-order valence-corrected chi connectivity index (χ2v) is 7.34. The number of carboxylic acids is 1. The van der Waals surface area contributed by atoms with Crippen LogP contribution in [-0.4, -0.2) is 48.2 Å². The number of hydrogen-bond acceptors (Lipinski definition) is 3. The molecular weight excluding hydrogens is 336 g/mol. The van der Waals surface area contributed by atoms with E-state index < -0.39 is 12.0 Å². The Labute approximate surface area is 162 Å². The number of piperazine rings is 1. The fourth-order valence-electron chi connectivity index (χ4n) is 3.75. The Morgan fingerprint density at radius 2 is 1.59 bits per heavy atom. The van der Waals surface area contributed by atoms with Crippen molar-refractivity contribution < 1.29 is 9.90 Å². The van der Waals surface area contributed by atoms with Crippen molar-refractivity contribution in [2.24, 2.45) is 0 Å². The topological polar surface area (TPSA) is 43.8 Å². The predicted molar refractivity (Wildman–Crippen MR) is 110 cm³/mol. The van der Waals surface area contributed by atoms with Gasteiger partial charge in [0.2, 0.25) is 0 Å². The van der Waals surface area contributed by atoms with E-state index in [0.29, 0.717) is 6.42 Å². The maximum absolute atomic E-state index is 11.9. The normalized spacial score (nSPS) is 16.3. The first kappa shape index (κ1) is 19.4. The van der Waals surface area contributed by atoms with Crippen LogP contribution in [0.1, 0.15) is 30.9 Å². The highest BCUT2D eigenvalue weighted by Crippen LogP contribution is 2.19. The summed E-state index contributed by atoms with van der Waals surface area (Å²) in [7, 11) is 0. The van der Waals surface area contributed by atoms with Crippen LogP contribution in [-0.2, 0) is 17.6 Å². The second kappa shape index (κ2) is 9.56. The van der Waals surface area contributed by atoms with E-state index in [9.17, 15) is 9.90 Å². The Morgan fingerprint density at radius 3 is 2.19 bits per heavy atom. The van der Waals surface area contributed by atoms with Crippen molar-refractivity contribution in [1.29, 1.82) is 0 Å². The van der Waals surface area contributed by atoms with E-state index in [1.807, 2.05) is 18.2 Å². The first-order chi connectivity index (χ1) is 13.2. The first-order valence-corrected chi connectivity index (χ1v) is 10.0. The number of hydrogen-bond donors (Lipinski definition) is 1. The summed E-state index contributed by atoms with van der Waals surface area (Å²) in [5.74, 6) is -0.724. The molecule has 144 valence electrons. The van der Waals surface area contributed by atoms with E-state index >= 15 is 0 Å². The van der Waals surface area contributed by atoms with Crippen molar-refractivity contribution in [2.45, 2.75) is 38.6 Å². The third-order valence-corrected chi connectivity index (χ3v) is 5.43. The highest BCUT2D eigenvalue weighted by atomic mass is 16.4. The molecule has 2 aromatic rings. The summed E-state index contributed by atoms with van der Waals surface area (Å²) in [6.45, 7) is 5.48. The molecule has 1 aliphatic heterocycles. The molecule has 1 N–H and O–H groups in total. The van der Waals surface area contributed by atoms with Gasteiger partial charge in [-0.3, -0.25) is 9.69 Å². The van der Waals surface area contributed by atoms with Gasteiger partial charge in [0.25, 0.3) is 0 Å². The van der Waals surface area contributed by atoms with Crippen LogP contribution in [0.2, 0.25) is 0 Å². The molecule has 1 aliphatic rings. The maximum atomic E-state index is 11.9. The molecule has 1 heterocycles. The van der Waals surface area contributed by atoms with Gasteiger partial charge in [0, 0.05) is 31.9 Å². The predicted octanol–water partition coefficient (Wildman–Crippen LogP) is 3.85. The van der Waals surface area contributed by atoms with Gasteiger partial charge in [0.15, 0.2) is 0 Å². The third-order valence-electron chi connectivity index (χ3n) is 5.43. The molecule has 0 spiro atoms. The molecule has 0 aliphatic carbocycles. The van der Waals surface area contributed by atoms with E-state index in [1.54, 1.807) is 0 Å². The van der Waals surface area contributed by atoms with Gasteiger partial charge < -0.3 is 10.0 Å². The van der Waals surface area contributed by atoms with Crippen LogP contribution >= 0.6 is 0 Å². The number of carboxylic acid groups (broad SMARTS) is 1. The summed E-state index contributed by atoms with van der Waals surface area (Å²) in [4.78, 5) is 16.4. The van der Waals surface area contributed by atoms with Gasteiger partial charge in [-0.2, -0.15) is 0 Å². The Kier molecular flexibility index (Phi) is 6.88. The number of carbonyl (C=O) groups is 1. The molecule has 0 unspecified atom stereocenters. The Bertz CT molecular complexity index is 707. The van der Waals surface area contributed by atoms with Crippen molar-refractivity contribution in [2.75, 3.05) is 31.1 Å². The third kappa shape index (κ3) is 5.33. The van der Waals surface area contributed by atoms with E-state index in [0.717, 1.165) is 38.2 Å². The molecule has 4 heteroatoms. The number of nitrogens with zero attached hydrogens (tertiary/aromatic N) is 2. The first-order valence-electron chi connectivity index (χ1n) is 10.0. The van der Waals surface area contributed by atoms with Gasteiger partial charge in [-0.15, -0.1) is 0 Å². The Hall–Kier alpha value is -2.33. The van der Waals surface area contributed by atoms with E-state index in [2.05, 4.69) is 53.1 Å². The van der Waals surface area contributed by atoms with Crippen LogP contribution < -0.4 is 4.90 Å². The van der Waals surface area contributed by atoms with Crippen molar-refractivity contribution in [1.82, 2.24) is 4.90 Å². The molecule has 1 fully saturated rings. The average Bonchev–Trinajstić information content (AvgIpc) is 2.72. The molecule has 0 radical (unpaired) electrons. The summed E-state index contributed by atoms with van der Waals surface area (Å²) in [5.41, 5.74) is 3.66. The molecule has 1 atom stereocenters. The lowest BCUT2D eigenvalue weighted by atomic mass is 10.0. The lowest BCUT2D eigenvalue weighted by Crippen LogP contribution is -2.53. The van der Waals surface area contributed by atoms with Gasteiger partial charge in [-0.25, -0.2) is 0 Å². The summed E-state index contributed by atoms with van der Waals surface area (Å²) in [6.07, 6.45) is 4.05.